The van der Waals surface area contributed by atoms with Gasteiger partial charge in [0, 0.05) is 4.88 Å². The third kappa shape index (κ3) is 3.49. The van der Waals surface area contributed by atoms with E-state index in [1.54, 1.807) is 31.2 Å². The van der Waals surface area contributed by atoms with Gasteiger partial charge in [0.2, 0.25) is 5.91 Å². The van der Waals surface area contributed by atoms with Gasteiger partial charge in [-0.1, -0.05) is 12.1 Å². The molecule has 0 saturated carbocycles. The molecule has 1 aliphatic carbocycles. The van der Waals surface area contributed by atoms with Crippen molar-refractivity contribution in [2.45, 2.75) is 39.2 Å². The summed E-state index contributed by atoms with van der Waals surface area (Å²) < 4.78 is 5.11. The summed E-state index contributed by atoms with van der Waals surface area (Å²) in [4.78, 5) is 56.3. The average Bonchev–Trinajstić information content (AvgIpc) is 3.25. The van der Waals surface area contributed by atoms with Crippen LogP contribution in [0.15, 0.2) is 24.3 Å². The molecule has 0 radical (unpaired) electrons. The molecular formula is C21H21N3O5S. The first-order valence-electron chi connectivity index (χ1n) is 9.83. The minimum absolute atomic E-state index is 0.196. The van der Waals surface area contributed by atoms with Crippen molar-refractivity contribution in [3.63, 3.8) is 0 Å². The summed E-state index contributed by atoms with van der Waals surface area (Å²) in [7, 11) is 0. The third-order valence-electron chi connectivity index (χ3n) is 5.38. The zero-order chi connectivity index (χ0) is 21.4. The van der Waals surface area contributed by atoms with Crippen LogP contribution in [0, 0.1) is 5.92 Å². The maximum Gasteiger partial charge on any atom is 0.309 e. The highest BCUT2D eigenvalue weighted by Crippen LogP contribution is 2.33. The van der Waals surface area contributed by atoms with Crippen LogP contribution in [-0.4, -0.2) is 46.2 Å². The van der Waals surface area contributed by atoms with E-state index in [9.17, 15) is 19.2 Å². The Balaban J connectivity index is 1.45. The van der Waals surface area contributed by atoms with Gasteiger partial charge in [0.15, 0.2) is 5.13 Å². The molecule has 2 unspecified atom stereocenters. The summed E-state index contributed by atoms with van der Waals surface area (Å²) in [5.41, 5.74) is 1.47. The number of carbonyl (C=O) groups excluding carboxylic acids is 4. The molecule has 30 heavy (non-hydrogen) atoms. The summed E-state index contributed by atoms with van der Waals surface area (Å²) >= 11 is 1.31. The van der Waals surface area contributed by atoms with Crippen molar-refractivity contribution in [2.75, 3.05) is 11.9 Å². The van der Waals surface area contributed by atoms with Gasteiger partial charge >= 0.3 is 5.97 Å². The molecule has 0 fully saturated rings. The molecule has 2 heterocycles. The number of esters is 1. The van der Waals surface area contributed by atoms with Crippen LogP contribution < -0.4 is 5.32 Å². The van der Waals surface area contributed by atoms with E-state index in [0.717, 1.165) is 15.5 Å². The predicted molar refractivity (Wildman–Crippen MR) is 109 cm³/mol. The molecule has 2 aromatic rings. The monoisotopic (exact) mass is 427 g/mol. The van der Waals surface area contributed by atoms with Gasteiger partial charge in [0.1, 0.15) is 6.04 Å². The second-order valence-corrected chi connectivity index (χ2v) is 8.36. The largest absolute Gasteiger partial charge is 0.466 e. The van der Waals surface area contributed by atoms with E-state index in [1.807, 2.05) is 0 Å². The Labute approximate surface area is 177 Å². The van der Waals surface area contributed by atoms with Crippen LogP contribution in [0.1, 0.15) is 51.6 Å². The zero-order valence-corrected chi connectivity index (χ0v) is 17.5. The number of benzene rings is 1. The number of imide groups is 1. The lowest BCUT2D eigenvalue weighted by atomic mass is 9.91. The van der Waals surface area contributed by atoms with Crippen molar-refractivity contribution in [1.29, 1.82) is 0 Å². The Morgan fingerprint density at radius 1 is 1.27 bits per heavy atom. The fourth-order valence-electron chi connectivity index (χ4n) is 3.78. The van der Waals surface area contributed by atoms with E-state index >= 15 is 0 Å². The Bertz CT molecular complexity index is 1010. The lowest BCUT2D eigenvalue weighted by Crippen LogP contribution is -2.45. The smallest absolute Gasteiger partial charge is 0.309 e. The topological polar surface area (TPSA) is 106 Å². The minimum atomic E-state index is -0.981. The fourth-order valence-corrected chi connectivity index (χ4v) is 4.87. The van der Waals surface area contributed by atoms with Crippen molar-refractivity contribution < 1.29 is 23.9 Å². The number of anilines is 1. The zero-order valence-electron chi connectivity index (χ0n) is 16.6. The van der Waals surface area contributed by atoms with Crippen LogP contribution in [0.25, 0.3) is 0 Å². The molecule has 1 aliphatic heterocycles. The molecule has 3 amide bonds. The van der Waals surface area contributed by atoms with Gasteiger partial charge in [0.05, 0.1) is 29.3 Å². The molecule has 0 saturated heterocycles. The summed E-state index contributed by atoms with van der Waals surface area (Å²) in [5.74, 6) is -1.85. The van der Waals surface area contributed by atoms with E-state index in [2.05, 4.69) is 10.3 Å². The molecule has 156 valence electrons. The number of aromatic nitrogens is 1. The first-order valence-corrected chi connectivity index (χ1v) is 10.6. The van der Waals surface area contributed by atoms with Gasteiger partial charge in [0.25, 0.3) is 11.8 Å². The number of fused-ring (bicyclic) bond motifs is 2. The van der Waals surface area contributed by atoms with E-state index in [0.29, 0.717) is 42.1 Å². The Morgan fingerprint density at radius 2 is 1.93 bits per heavy atom. The van der Waals surface area contributed by atoms with E-state index in [1.165, 1.54) is 18.3 Å². The molecule has 2 aliphatic rings. The van der Waals surface area contributed by atoms with Crippen LogP contribution in [0.4, 0.5) is 5.13 Å². The SMILES string of the molecule is CCOC(=O)C1CCc2nc(NC(=O)C(C)N3C(=O)c4ccccc4C3=O)sc2C1. The predicted octanol–water partition coefficient (Wildman–Crippen LogP) is 2.43. The molecule has 1 aromatic carbocycles. The Morgan fingerprint density at radius 3 is 2.57 bits per heavy atom. The maximum absolute atomic E-state index is 12.7. The van der Waals surface area contributed by atoms with Gasteiger partial charge in [-0.2, -0.15) is 0 Å². The van der Waals surface area contributed by atoms with Crippen LogP contribution in [0.5, 0.6) is 0 Å². The van der Waals surface area contributed by atoms with Crippen molar-refractivity contribution in [3.8, 4) is 0 Å². The molecule has 4 rings (SSSR count). The van der Waals surface area contributed by atoms with Crippen molar-refractivity contribution in [2.24, 2.45) is 5.92 Å². The summed E-state index contributed by atoms with van der Waals surface area (Å²) in [5, 5.41) is 3.12. The lowest BCUT2D eigenvalue weighted by Gasteiger charge is -2.21. The van der Waals surface area contributed by atoms with Crippen molar-refractivity contribution >= 4 is 40.2 Å². The van der Waals surface area contributed by atoms with Crippen LogP contribution in [0.3, 0.4) is 0 Å². The third-order valence-corrected chi connectivity index (χ3v) is 6.42. The number of rotatable bonds is 5. The number of aryl methyl sites for hydroxylation is 1. The van der Waals surface area contributed by atoms with Crippen molar-refractivity contribution in [3.05, 3.63) is 46.0 Å². The molecule has 9 heteroatoms. The molecule has 1 aromatic heterocycles. The normalized spacial score (nSPS) is 18.6. The van der Waals surface area contributed by atoms with Gasteiger partial charge in [-0.3, -0.25) is 24.1 Å². The number of nitrogens with zero attached hydrogens (tertiary/aromatic N) is 2. The molecule has 0 bridgehead atoms. The number of ether oxygens (including phenoxy) is 1. The number of hydrogen-bond donors (Lipinski definition) is 1. The molecule has 0 spiro atoms. The van der Waals surface area contributed by atoms with Crippen LogP contribution >= 0.6 is 11.3 Å². The second kappa shape index (κ2) is 7.98. The highest BCUT2D eigenvalue weighted by molar-refractivity contribution is 7.15. The molecule has 1 N–H and O–H groups in total. The first kappa shape index (κ1) is 20.2. The van der Waals surface area contributed by atoms with Gasteiger partial charge in [-0.05, 0) is 45.2 Å². The summed E-state index contributed by atoms with van der Waals surface area (Å²) in [6.07, 6.45) is 1.84. The Kier molecular flexibility index (Phi) is 5.38. The van der Waals surface area contributed by atoms with Crippen molar-refractivity contribution in [1.82, 2.24) is 9.88 Å². The molecular weight excluding hydrogens is 406 g/mol. The number of hydrogen-bond acceptors (Lipinski definition) is 7. The van der Waals surface area contributed by atoms with Crippen LogP contribution in [-0.2, 0) is 27.2 Å². The van der Waals surface area contributed by atoms with Gasteiger partial charge < -0.3 is 10.1 Å². The van der Waals surface area contributed by atoms with E-state index in [4.69, 9.17) is 4.74 Å². The fraction of sp³-hybridized carbons (Fsp3) is 0.381. The molecule has 2 atom stereocenters. The van der Waals surface area contributed by atoms with E-state index in [-0.39, 0.29) is 11.9 Å². The number of thiazole rings is 1. The first-order chi connectivity index (χ1) is 14.4. The van der Waals surface area contributed by atoms with Gasteiger partial charge in [-0.25, -0.2) is 4.98 Å². The quantitative estimate of drug-likeness (QED) is 0.580. The maximum atomic E-state index is 12.7. The summed E-state index contributed by atoms with van der Waals surface area (Å²) in [6.45, 7) is 3.64. The Hall–Kier alpha value is -3.07. The average molecular weight is 427 g/mol. The lowest BCUT2D eigenvalue weighted by molar-refractivity contribution is -0.148. The highest BCUT2D eigenvalue weighted by Gasteiger charge is 2.41. The second-order valence-electron chi connectivity index (χ2n) is 7.27. The standard InChI is InChI=1S/C21H21N3O5S/c1-3-29-20(28)12-8-9-15-16(10-12)30-21(22-15)23-17(25)11(2)24-18(26)13-6-4-5-7-14(13)19(24)27/h4-7,11-12H,3,8-10H2,1-2H3,(H,22,23,25). The number of amides is 3. The molecule has 8 nitrogen and oxygen atoms in total. The number of nitrogens with one attached hydrogen (secondary N) is 1. The minimum Gasteiger partial charge on any atom is -0.466 e. The number of carbonyl (C=O) groups is 4. The highest BCUT2D eigenvalue weighted by atomic mass is 32.1. The van der Waals surface area contributed by atoms with E-state index < -0.39 is 23.8 Å². The van der Waals surface area contributed by atoms with Crippen LogP contribution in [0.2, 0.25) is 0 Å². The van der Waals surface area contributed by atoms with Gasteiger partial charge in [-0.15, -0.1) is 11.3 Å². The summed E-state index contributed by atoms with van der Waals surface area (Å²) in [6, 6.07) is 5.54.